The van der Waals surface area contributed by atoms with Gasteiger partial charge in [0.25, 0.3) is 0 Å². The first-order valence-electron chi connectivity index (χ1n) is 8.44. The number of piperazine rings is 1. The molecule has 8 nitrogen and oxygen atoms in total. The van der Waals surface area contributed by atoms with E-state index in [1.54, 1.807) is 27.8 Å². The van der Waals surface area contributed by atoms with E-state index >= 15 is 0 Å². The topological polar surface area (TPSA) is 79.7 Å². The second kappa shape index (κ2) is 7.21. The van der Waals surface area contributed by atoms with Gasteiger partial charge in [-0.3, -0.25) is 9.48 Å². The minimum Gasteiger partial charge on any atom is -0.381 e. The lowest BCUT2D eigenvalue weighted by Crippen LogP contribution is -2.56. The van der Waals surface area contributed by atoms with E-state index in [1.807, 2.05) is 13.2 Å². The van der Waals surface area contributed by atoms with Crippen LogP contribution in [-0.2, 0) is 16.6 Å². The summed E-state index contributed by atoms with van der Waals surface area (Å²) in [6.45, 7) is 1.13. The van der Waals surface area contributed by atoms with Crippen molar-refractivity contribution in [2.45, 2.75) is 37.8 Å². The molecule has 24 heavy (non-hydrogen) atoms. The molecule has 0 unspecified atom stereocenters. The molecule has 0 atom stereocenters. The van der Waals surface area contributed by atoms with Crippen molar-refractivity contribution in [1.29, 1.82) is 0 Å². The molecule has 1 saturated carbocycles. The van der Waals surface area contributed by atoms with Gasteiger partial charge in [-0.1, -0.05) is 0 Å². The molecule has 1 aliphatic heterocycles. The maximum absolute atomic E-state index is 12.4. The molecule has 1 N–H and O–H groups in total. The summed E-state index contributed by atoms with van der Waals surface area (Å²) in [5.74, 6) is -0.0764. The average Bonchev–Trinajstić information content (AvgIpc) is 3.01. The van der Waals surface area contributed by atoms with E-state index in [0.717, 1.165) is 31.4 Å². The molecule has 132 valence electrons. The zero-order valence-corrected chi connectivity index (χ0v) is 14.3. The highest BCUT2D eigenvalue weighted by atomic mass is 16.5. The predicted molar refractivity (Wildman–Crippen MR) is 88.7 cm³/mol. The van der Waals surface area contributed by atoms with Crippen LogP contribution in [0.3, 0.4) is 0 Å². The molecule has 1 saturated heterocycles. The van der Waals surface area contributed by atoms with Gasteiger partial charge >= 0.3 is 6.03 Å². The summed E-state index contributed by atoms with van der Waals surface area (Å²) in [5, 5.41) is 7.15. The highest BCUT2D eigenvalue weighted by Gasteiger charge is 2.30. The lowest BCUT2D eigenvalue weighted by atomic mass is 9.93. The van der Waals surface area contributed by atoms with E-state index in [0.29, 0.717) is 19.2 Å². The van der Waals surface area contributed by atoms with E-state index in [1.165, 1.54) is 0 Å². The van der Waals surface area contributed by atoms with Crippen molar-refractivity contribution in [2.75, 3.05) is 31.6 Å². The monoisotopic (exact) mass is 335 g/mol. The van der Waals surface area contributed by atoms with E-state index < -0.39 is 0 Å². The van der Waals surface area contributed by atoms with Gasteiger partial charge < -0.3 is 19.9 Å². The Kier molecular flexibility index (Phi) is 5.03. The van der Waals surface area contributed by atoms with Crippen LogP contribution in [-0.4, -0.2) is 65.5 Å². The first-order chi connectivity index (χ1) is 11.6. The summed E-state index contributed by atoms with van der Waals surface area (Å²) >= 11 is 0. The van der Waals surface area contributed by atoms with Gasteiger partial charge in [0.1, 0.15) is 6.54 Å². The van der Waals surface area contributed by atoms with Gasteiger partial charge in [0, 0.05) is 39.5 Å². The van der Waals surface area contributed by atoms with Crippen LogP contribution in [0.5, 0.6) is 0 Å². The Morgan fingerprint density at radius 2 is 2.04 bits per heavy atom. The second-order valence-corrected chi connectivity index (χ2v) is 6.50. The molecule has 2 fully saturated rings. The SMILES string of the molecule is COC1CCC(NC(=O)N2CCN(c3cnn(C)c3)C(=O)C2)CC1. The van der Waals surface area contributed by atoms with Crippen LogP contribution in [0.2, 0.25) is 0 Å². The summed E-state index contributed by atoms with van der Waals surface area (Å²) in [6.07, 6.45) is 7.57. The maximum atomic E-state index is 12.4. The van der Waals surface area contributed by atoms with Crippen molar-refractivity contribution in [3.05, 3.63) is 12.4 Å². The zero-order chi connectivity index (χ0) is 17.1. The van der Waals surface area contributed by atoms with Crippen molar-refractivity contribution in [3.63, 3.8) is 0 Å². The standard InChI is InChI=1S/C16H25N5O3/c1-19-10-13(9-17-19)21-8-7-20(11-15(21)22)16(23)18-12-3-5-14(24-2)6-4-12/h9-10,12,14H,3-8,11H2,1-2H3,(H,18,23). The molecule has 3 rings (SSSR count). The fourth-order valence-corrected chi connectivity index (χ4v) is 3.38. The zero-order valence-electron chi connectivity index (χ0n) is 14.3. The lowest BCUT2D eigenvalue weighted by Gasteiger charge is -2.35. The predicted octanol–water partition coefficient (Wildman–Crippen LogP) is 0.736. The largest absolute Gasteiger partial charge is 0.381 e. The molecule has 1 aromatic heterocycles. The van der Waals surface area contributed by atoms with Gasteiger partial charge in [0.15, 0.2) is 0 Å². The molecule has 0 bridgehead atoms. The van der Waals surface area contributed by atoms with Crippen LogP contribution in [0.1, 0.15) is 25.7 Å². The van der Waals surface area contributed by atoms with Crippen LogP contribution in [0.15, 0.2) is 12.4 Å². The van der Waals surface area contributed by atoms with Crippen LogP contribution in [0, 0.1) is 0 Å². The summed E-state index contributed by atoms with van der Waals surface area (Å²) in [6, 6.07) is 0.0328. The van der Waals surface area contributed by atoms with E-state index in [4.69, 9.17) is 4.74 Å². The fourth-order valence-electron chi connectivity index (χ4n) is 3.38. The number of nitrogens with one attached hydrogen (secondary N) is 1. The third-order valence-electron chi connectivity index (χ3n) is 4.85. The molecular formula is C16H25N5O3. The number of ether oxygens (including phenoxy) is 1. The Morgan fingerprint density at radius 3 is 2.62 bits per heavy atom. The molecule has 2 aliphatic rings. The quantitative estimate of drug-likeness (QED) is 0.883. The number of anilines is 1. The highest BCUT2D eigenvalue weighted by molar-refractivity contribution is 5.97. The van der Waals surface area contributed by atoms with Gasteiger partial charge in [0.2, 0.25) is 5.91 Å². The van der Waals surface area contributed by atoms with Crippen molar-refractivity contribution < 1.29 is 14.3 Å². The second-order valence-electron chi connectivity index (χ2n) is 6.50. The van der Waals surface area contributed by atoms with Gasteiger partial charge in [-0.2, -0.15) is 5.10 Å². The number of amides is 3. The van der Waals surface area contributed by atoms with E-state index in [9.17, 15) is 9.59 Å². The Hall–Kier alpha value is -2.09. The number of carbonyl (C=O) groups is 2. The Balaban J connectivity index is 1.50. The molecule has 8 heteroatoms. The fraction of sp³-hybridized carbons (Fsp3) is 0.688. The third-order valence-corrected chi connectivity index (χ3v) is 4.85. The number of aryl methyl sites for hydroxylation is 1. The summed E-state index contributed by atoms with van der Waals surface area (Å²) in [7, 11) is 3.55. The number of aromatic nitrogens is 2. The number of hydrogen-bond acceptors (Lipinski definition) is 4. The Labute approximate surface area is 141 Å². The Morgan fingerprint density at radius 1 is 1.29 bits per heavy atom. The maximum Gasteiger partial charge on any atom is 0.318 e. The van der Waals surface area contributed by atoms with Gasteiger partial charge in [-0.05, 0) is 25.7 Å². The average molecular weight is 335 g/mol. The molecule has 1 aromatic rings. The molecule has 2 heterocycles. The number of hydrogen-bond donors (Lipinski definition) is 1. The number of nitrogens with zero attached hydrogens (tertiary/aromatic N) is 4. The van der Waals surface area contributed by atoms with Crippen LogP contribution in [0.25, 0.3) is 0 Å². The normalized spacial score (nSPS) is 25.0. The van der Waals surface area contributed by atoms with Crippen molar-refractivity contribution in [1.82, 2.24) is 20.0 Å². The highest BCUT2D eigenvalue weighted by Crippen LogP contribution is 2.21. The number of methoxy groups -OCH3 is 1. The van der Waals surface area contributed by atoms with Crippen molar-refractivity contribution in [3.8, 4) is 0 Å². The number of urea groups is 1. The summed E-state index contributed by atoms with van der Waals surface area (Å²) in [4.78, 5) is 28.0. The lowest BCUT2D eigenvalue weighted by molar-refractivity contribution is -0.120. The van der Waals surface area contributed by atoms with E-state index in [-0.39, 0.29) is 24.5 Å². The molecule has 0 spiro atoms. The van der Waals surface area contributed by atoms with Crippen LogP contribution in [0.4, 0.5) is 10.5 Å². The van der Waals surface area contributed by atoms with Crippen LogP contribution < -0.4 is 10.2 Å². The summed E-state index contributed by atoms with van der Waals surface area (Å²) < 4.78 is 7.01. The summed E-state index contributed by atoms with van der Waals surface area (Å²) in [5.41, 5.74) is 0.778. The molecule has 0 radical (unpaired) electrons. The molecular weight excluding hydrogens is 310 g/mol. The molecule has 3 amide bonds. The molecule has 1 aliphatic carbocycles. The number of rotatable bonds is 3. The van der Waals surface area contributed by atoms with E-state index in [2.05, 4.69) is 10.4 Å². The first-order valence-corrected chi connectivity index (χ1v) is 8.44. The number of carbonyl (C=O) groups excluding carboxylic acids is 2. The molecule has 0 aromatic carbocycles. The minimum atomic E-state index is -0.143. The third kappa shape index (κ3) is 3.69. The first kappa shape index (κ1) is 16.8. The van der Waals surface area contributed by atoms with Crippen molar-refractivity contribution >= 4 is 17.6 Å². The van der Waals surface area contributed by atoms with Crippen LogP contribution >= 0.6 is 0 Å². The smallest absolute Gasteiger partial charge is 0.318 e. The van der Waals surface area contributed by atoms with Gasteiger partial charge in [-0.25, -0.2) is 4.79 Å². The van der Waals surface area contributed by atoms with Gasteiger partial charge in [0.05, 0.1) is 18.0 Å². The van der Waals surface area contributed by atoms with Crippen molar-refractivity contribution in [2.24, 2.45) is 7.05 Å². The Bertz CT molecular complexity index is 594. The minimum absolute atomic E-state index is 0.0764. The van der Waals surface area contributed by atoms with Gasteiger partial charge in [-0.15, -0.1) is 0 Å².